The maximum absolute atomic E-state index is 12.6. The number of amides is 2. The van der Waals surface area contributed by atoms with Crippen LogP contribution in [-0.4, -0.2) is 39.7 Å². The van der Waals surface area contributed by atoms with E-state index in [-0.39, 0.29) is 23.4 Å². The lowest BCUT2D eigenvalue weighted by Gasteiger charge is -2.30. The van der Waals surface area contributed by atoms with Gasteiger partial charge in [-0.2, -0.15) is 0 Å². The normalized spacial score (nSPS) is 14.9. The fourth-order valence-corrected chi connectivity index (χ4v) is 4.09. The van der Waals surface area contributed by atoms with Crippen LogP contribution < -0.4 is 5.32 Å². The largest absolute Gasteiger partial charge is 0.459 e. The summed E-state index contributed by atoms with van der Waals surface area (Å²) in [6.07, 6.45) is 2.56. The van der Waals surface area contributed by atoms with Crippen molar-refractivity contribution >= 4 is 44.2 Å². The number of thiazole rings is 1. The molecule has 10 heteroatoms. The molecule has 1 aliphatic rings. The second-order valence-electron chi connectivity index (χ2n) is 6.46. The van der Waals surface area contributed by atoms with Gasteiger partial charge in [0.05, 0.1) is 21.4 Å². The number of piperidine rings is 1. The Morgan fingerprint density at radius 2 is 2.07 bits per heavy atom. The predicted molar refractivity (Wildman–Crippen MR) is 102 cm³/mol. The van der Waals surface area contributed by atoms with Crippen LogP contribution in [0, 0.1) is 16.0 Å². The van der Waals surface area contributed by atoms with Crippen LogP contribution in [0.1, 0.15) is 23.4 Å². The Morgan fingerprint density at radius 1 is 1.29 bits per heavy atom. The molecule has 1 N–H and O–H groups in total. The van der Waals surface area contributed by atoms with Crippen LogP contribution in [-0.2, 0) is 4.79 Å². The number of carbonyl (C=O) groups is 2. The lowest BCUT2D eigenvalue weighted by molar-refractivity contribution is -0.384. The Hall–Kier alpha value is -3.27. The van der Waals surface area contributed by atoms with E-state index < -0.39 is 4.92 Å². The number of fused-ring (bicyclic) bond motifs is 1. The number of nitro benzene ring substituents is 1. The highest BCUT2D eigenvalue weighted by Gasteiger charge is 2.29. The number of non-ortho nitro benzene ring substituents is 1. The van der Waals surface area contributed by atoms with Gasteiger partial charge in [-0.15, -0.1) is 0 Å². The van der Waals surface area contributed by atoms with Crippen LogP contribution in [0.2, 0.25) is 0 Å². The van der Waals surface area contributed by atoms with E-state index in [0.29, 0.717) is 47.0 Å². The molecule has 0 spiro atoms. The smallest absolute Gasteiger partial charge is 0.289 e. The molecule has 9 nitrogen and oxygen atoms in total. The van der Waals surface area contributed by atoms with Crippen molar-refractivity contribution in [2.24, 2.45) is 5.92 Å². The first-order chi connectivity index (χ1) is 13.5. The van der Waals surface area contributed by atoms with Gasteiger partial charge in [0.25, 0.3) is 11.6 Å². The van der Waals surface area contributed by atoms with Crippen molar-refractivity contribution in [1.82, 2.24) is 9.88 Å². The highest BCUT2D eigenvalue weighted by molar-refractivity contribution is 7.22. The molecule has 1 aromatic carbocycles. The van der Waals surface area contributed by atoms with E-state index in [1.165, 1.54) is 29.7 Å². The molecule has 4 rings (SSSR count). The molecule has 0 unspecified atom stereocenters. The highest BCUT2D eigenvalue weighted by atomic mass is 32.1. The zero-order valence-corrected chi connectivity index (χ0v) is 15.5. The second kappa shape index (κ2) is 7.39. The lowest BCUT2D eigenvalue weighted by atomic mass is 9.96. The molecule has 0 atom stereocenters. The molecule has 1 aliphatic heterocycles. The summed E-state index contributed by atoms with van der Waals surface area (Å²) < 4.78 is 5.78. The number of anilines is 1. The summed E-state index contributed by atoms with van der Waals surface area (Å²) in [5, 5.41) is 14.1. The molecule has 2 amide bonds. The average Bonchev–Trinajstić information content (AvgIpc) is 3.36. The first-order valence-corrected chi connectivity index (χ1v) is 9.51. The standard InChI is InChI=1S/C18H16N4O5S/c23-16(11-5-7-21(8-6-11)17(24)14-2-1-9-27-14)20-18-19-13-4-3-12(22(25)26)10-15(13)28-18/h1-4,9-11H,5-8H2,(H,19,20,23). The van der Waals surface area contributed by atoms with Gasteiger partial charge in [0.2, 0.25) is 5.91 Å². The molecular formula is C18H16N4O5S. The fraction of sp³-hybridized carbons (Fsp3) is 0.278. The quantitative estimate of drug-likeness (QED) is 0.530. The topological polar surface area (TPSA) is 119 Å². The molecule has 2 aromatic heterocycles. The lowest BCUT2D eigenvalue weighted by Crippen LogP contribution is -2.41. The molecule has 1 saturated heterocycles. The SMILES string of the molecule is O=C(Nc1nc2ccc([N+](=O)[O-])cc2s1)C1CCN(C(=O)c2ccco2)CC1. The minimum absolute atomic E-state index is 0.0115. The van der Waals surface area contributed by atoms with Crippen LogP contribution in [0.3, 0.4) is 0 Å². The van der Waals surface area contributed by atoms with Gasteiger partial charge >= 0.3 is 0 Å². The van der Waals surface area contributed by atoms with E-state index in [0.717, 1.165) is 0 Å². The molecule has 0 bridgehead atoms. The number of aromatic nitrogens is 1. The third kappa shape index (κ3) is 3.58. The van der Waals surface area contributed by atoms with Crippen LogP contribution in [0.25, 0.3) is 10.2 Å². The van der Waals surface area contributed by atoms with Gasteiger partial charge in [-0.05, 0) is 31.0 Å². The van der Waals surface area contributed by atoms with Gasteiger partial charge in [0.1, 0.15) is 0 Å². The Bertz CT molecular complexity index is 1040. The summed E-state index contributed by atoms with van der Waals surface area (Å²) in [5.74, 6) is -0.247. The highest BCUT2D eigenvalue weighted by Crippen LogP contribution is 2.30. The first-order valence-electron chi connectivity index (χ1n) is 8.70. The van der Waals surface area contributed by atoms with Crippen molar-refractivity contribution in [2.45, 2.75) is 12.8 Å². The van der Waals surface area contributed by atoms with Crippen molar-refractivity contribution in [3.8, 4) is 0 Å². The number of hydrogen-bond acceptors (Lipinski definition) is 7. The molecule has 0 saturated carbocycles. The monoisotopic (exact) mass is 400 g/mol. The maximum Gasteiger partial charge on any atom is 0.289 e. The predicted octanol–water partition coefficient (Wildman–Crippen LogP) is 3.29. The Labute approximate surface area is 163 Å². The maximum atomic E-state index is 12.6. The summed E-state index contributed by atoms with van der Waals surface area (Å²) in [6.45, 7) is 0.952. The fourth-order valence-electron chi connectivity index (χ4n) is 3.19. The van der Waals surface area contributed by atoms with E-state index in [2.05, 4.69) is 10.3 Å². The minimum atomic E-state index is -0.463. The van der Waals surface area contributed by atoms with Gasteiger partial charge in [-0.3, -0.25) is 19.7 Å². The number of hydrogen-bond donors (Lipinski definition) is 1. The summed E-state index contributed by atoms with van der Waals surface area (Å²) in [6, 6.07) is 7.69. The van der Waals surface area contributed by atoms with Gasteiger partial charge in [0.15, 0.2) is 10.9 Å². The molecule has 144 valence electrons. The number of nitro groups is 1. The number of likely N-dealkylation sites (tertiary alicyclic amines) is 1. The summed E-state index contributed by atoms with van der Waals surface area (Å²) in [4.78, 5) is 41.2. The van der Waals surface area contributed by atoms with Crippen LogP contribution in [0.15, 0.2) is 41.0 Å². The third-order valence-corrected chi connectivity index (χ3v) is 5.63. The molecule has 0 aliphatic carbocycles. The number of furan rings is 1. The number of rotatable bonds is 4. The van der Waals surface area contributed by atoms with Gasteiger partial charge < -0.3 is 14.6 Å². The van der Waals surface area contributed by atoms with Crippen molar-refractivity contribution in [3.63, 3.8) is 0 Å². The Morgan fingerprint density at radius 3 is 2.75 bits per heavy atom. The zero-order chi connectivity index (χ0) is 19.7. The molecule has 1 fully saturated rings. The summed E-state index contributed by atoms with van der Waals surface area (Å²) >= 11 is 1.20. The third-order valence-electron chi connectivity index (χ3n) is 4.70. The van der Waals surface area contributed by atoms with E-state index in [4.69, 9.17) is 4.42 Å². The van der Waals surface area contributed by atoms with Crippen LogP contribution in [0.5, 0.6) is 0 Å². The van der Waals surface area contributed by atoms with E-state index in [1.807, 2.05) is 0 Å². The first kappa shape index (κ1) is 18.1. The van der Waals surface area contributed by atoms with Crippen molar-refractivity contribution in [3.05, 3.63) is 52.5 Å². The van der Waals surface area contributed by atoms with Crippen molar-refractivity contribution < 1.29 is 18.9 Å². The van der Waals surface area contributed by atoms with Crippen LogP contribution in [0.4, 0.5) is 10.8 Å². The van der Waals surface area contributed by atoms with Crippen molar-refractivity contribution in [1.29, 1.82) is 0 Å². The molecule has 3 heterocycles. The number of carbonyl (C=O) groups excluding carboxylic acids is 2. The van der Waals surface area contributed by atoms with Gasteiger partial charge in [0, 0.05) is 31.1 Å². The van der Waals surface area contributed by atoms with Gasteiger partial charge in [-0.25, -0.2) is 4.98 Å². The Kier molecular flexibility index (Phi) is 4.78. The van der Waals surface area contributed by atoms with E-state index >= 15 is 0 Å². The summed E-state index contributed by atoms with van der Waals surface area (Å²) in [5.41, 5.74) is 0.590. The van der Waals surface area contributed by atoms with Gasteiger partial charge in [-0.1, -0.05) is 11.3 Å². The van der Waals surface area contributed by atoms with Crippen LogP contribution >= 0.6 is 11.3 Å². The average molecular weight is 400 g/mol. The second-order valence-corrected chi connectivity index (χ2v) is 7.49. The van der Waals surface area contributed by atoms with E-state index in [9.17, 15) is 19.7 Å². The number of nitrogens with one attached hydrogen (secondary N) is 1. The minimum Gasteiger partial charge on any atom is -0.459 e. The zero-order valence-electron chi connectivity index (χ0n) is 14.7. The molecule has 28 heavy (non-hydrogen) atoms. The van der Waals surface area contributed by atoms with E-state index in [1.54, 1.807) is 23.1 Å². The number of nitrogens with zero attached hydrogens (tertiary/aromatic N) is 3. The van der Waals surface area contributed by atoms with Crippen molar-refractivity contribution in [2.75, 3.05) is 18.4 Å². The summed E-state index contributed by atoms with van der Waals surface area (Å²) in [7, 11) is 0. The molecule has 3 aromatic rings. The molecular weight excluding hydrogens is 384 g/mol. The Balaban J connectivity index is 1.37. The number of benzene rings is 1. The molecule has 0 radical (unpaired) electrons.